The molecule has 2 rings (SSSR count). The molecule has 0 spiro atoms. The first-order valence-corrected chi connectivity index (χ1v) is 8.81. The first-order valence-electron chi connectivity index (χ1n) is 7.10. The van der Waals surface area contributed by atoms with E-state index in [2.05, 4.69) is 10.6 Å². The van der Waals surface area contributed by atoms with Gasteiger partial charge in [-0.15, -0.1) is 0 Å². The molecule has 0 aromatic heterocycles. The van der Waals surface area contributed by atoms with Crippen molar-refractivity contribution in [3.63, 3.8) is 0 Å². The fourth-order valence-electron chi connectivity index (χ4n) is 2.21. The highest BCUT2D eigenvalue weighted by atomic mass is 32.2. The second kappa shape index (κ2) is 7.57. The van der Waals surface area contributed by atoms with Crippen molar-refractivity contribution in [2.75, 3.05) is 19.8 Å². The summed E-state index contributed by atoms with van der Waals surface area (Å²) in [6.07, 6.45) is 0.978. The van der Waals surface area contributed by atoms with Crippen molar-refractivity contribution in [1.82, 2.24) is 10.6 Å². The number of ether oxygens (including phenoxy) is 1. The van der Waals surface area contributed by atoms with Gasteiger partial charge in [0.15, 0.2) is 0 Å². The van der Waals surface area contributed by atoms with Crippen LogP contribution in [0.1, 0.15) is 17.5 Å². The first kappa shape index (κ1) is 16.7. The van der Waals surface area contributed by atoms with Crippen LogP contribution >= 0.6 is 0 Å². The van der Waals surface area contributed by atoms with Gasteiger partial charge in [-0.3, -0.25) is 0 Å². The Morgan fingerprint density at radius 2 is 1.91 bits per heavy atom. The Bertz CT molecular complexity index is 595. The predicted octanol–water partition coefficient (Wildman–Crippen LogP) is 0.311. The van der Waals surface area contributed by atoms with E-state index in [9.17, 15) is 13.2 Å². The standard InChI is InChI=1S/C14H21N3O4S/c15-22(19,20)10-12-3-1-11(2-4-12)7-16-14(18)17-8-13-5-6-21-9-13/h1-4,13H,5-10H2,(H2,15,19,20)(H2,16,17,18)/t13-/m1/s1. The molecule has 22 heavy (non-hydrogen) atoms. The van der Waals surface area contributed by atoms with Gasteiger partial charge in [-0.1, -0.05) is 24.3 Å². The zero-order valence-electron chi connectivity index (χ0n) is 12.2. The van der Waals surface area contributed by atoms with Gasteiger partial charge in [-0.2, -0.15) is 0 Å². The van der Waals surface area contributed by atoms with Gasteiger partial charge in [0.05, 0.1) is 12.4 Å². The number of rotatable bonds is 6. The summed E-state index contributed by atoms with van der Waals surface area (Å²) < 4.78 is 27.2. The maximum atomic E-state index is 11.7. The van der Waals surface area contributed by atoms with E-state index in [-0.39, 0.29) is 11.8 Å². The average Bonchev–Trinajstić information content (AvgIpc) is 2.96. The summed E-state index contributed by atoms with van der Waals surface area (Å²) >= 11 is 0. The van der Waals surface area contributed by atoms with Gasteiger partial charge >= 0.3 is 6.03 Å². The summed E-state index contributed by atoms with van der Waals surface area (Å²) in [5.74, 6) is 0.202. The predicted molar refractivity (Wildman–Crippen MR) is 82.4 cm³/mol. The number of carbonyl (C=O) groups excluding carboxylic acids is 1. The fraction of sp³-hybridized carbons (Fsp3) is 0.500. The molecule has 7 nitrogen and oxygen atoms in total. The van der Waals surface area contributed by atoms with E-state index in [0.29, 0.717) is 31.2 Å². The summed E-state index contributed by atoms with van der Waals surface area (Å²) in [6, 6.07) is 6.70. The van der Waals surface area contributed by atoms with E-state index in [1.807, 2.05) is 0 Å². The Kier molecular flexibility index (Phi) is 5.76. The van der Waals surface area contributed by atoms with Gasteiger partial charge in [-0.25, -0.2) is 18.4 Å². The molecule has 4 N–H and O–H groups in total. The lowest BCUT2D eigenvalue weighted by Crippen LogP contribution is -2.38. The van der Waals surface area contributed by atoms with Crippen LogP contribution in [0.15, 0.2) is 24.3 Å². The van der Waals surface area contributed by atoms with Crippen molar-refractivity contribution in [2.45, 2.75) is 18.7 Å². The smallest absolute Gasteiger partial charge is 0.315 e. The van der Waals surface area contributed by atoms with Crippen LogP contribution in [0.25, 0.3) is 0 Å². The number of primary sulfonamides is 1. The fourth-order valence-corrected chi connectivity index (χ4v) is 2.87. The van der Waals surface area contributed by atoms with Gasteiger partial charge in [-0.05, 0) is 17.5 Å². The van der Waals surface area contributed by atoms with Gasteiger partial charge in [0, 0.05) is 25.6 Å². The third-order valence-corrected chi connectivity index (χ3v) is 4.15. The topological polar surface area (TPSA) is 111 Å². The molecular weight excluding hydrogens is 306 g/mol. The molecule has 1 aromatic carbocycles. The number of hydrogen-bond donors (Lipinski definition) is 3. The number of nitrogens with two attached hydrogens (primary N) is 1. The van der Waals surface area contributed by atoms with Crippen LogP contribution in [0.3, 0.4) is 0 Å². The number of nitrogens with one attached hydrogen (secondary N) is 2. The minimum Gasteiger partial charge on any atom is -0.381 e. The van der Waals surface area contributed by atoms with E-state index in [1.54, 1.807) is 24.3 Å². The van der Waals surface area contributed by atoms with Crippen LogP contribution in [0.5, 0.6) is 0 Å². The lowest BCUT2D eigenvalue weighted by Gasteiger charge is -2.11. The zero-order valence-corrected chi connectivity index (χ0v) is 13.1. The van der Waals surface area contributed by atoms with Crippen molar-refractivity contribution in [2.24, 2.45) is 11.1 Å². The van der Waals surface area contributed by atoms with Crippen molar-refractivity contribution >= 4 is 16.1 Å². The quantitative estimate of drug-likeness (QED) is 0.698. The maximum absolute atomic E-state index is 11.7. The molecule has 1 fully saturated rings. The highest BCUT2D eigenvalue weighted by Gasteiger charge is 2.16. The Morgan fingerprint density at radius 3 is 2.50 bits per heavy atom. The largest absolute Gasteiger partial charge is 0.381 e. The van der Waals surface area contributed by atoms with Gasteiger partial charge < -0.3 is 15.4 Å². The number of urea groups is 1. The number of hydrogen-bond acceptors (Lipinski definition) is 4. The molecule has 0 radical (unpaired) electrons. The molecular formula is C14H21N3O4S. The molecule has 1 saturated heterocycles. The highest BCUT2D eigenvalue weighted by molar-refractivity contribution is 7.88. The van der Waals surface area contributed by atoms with Crippen molar-refractivity contribution in [3.05, 3.63) is 35.4 Å². The number of amides is 2. The third kappa shape index (κ3) is 6.00. The lowest BCUT2D eigenvalue weighted by molar-refractivity contribution is 0.185. The van der Waals surface area contributed by atoms with E-state index in [1.165, 1.54) is 0 Å². The Hall–Kier alpha value is -1.64. The lowest BCUT2D eigenvalue weighted by atomic mass is 10.1. The molecule has 1 aliphatic rings. The average molecular weight is 327 g/mol. The molecule has 0 saturated carbocycles. The molecule has 1 heterocycles. The summed E-state index contributed by atoms with van der Waals surface area (Å²) in [4.78, 5) is 11.7. The van der Waals surface area contributed by atoms with Gasteiger partial charge in [0.2, 0.25) is 10.0 Å². The zero-order chi connectivity index (χ0) is 16.0. The summed E-state index contributed by atoms with van der Waals surface area (Å²) in [6.45, 7) is 2.45. The minimum absolute atomic E-state index is 0.190. The van der Waals surface area contributed by atoms with Crippen LogP contribution in [0, 0.1) is 5.92 Å². The van der Waals surface area contributed by atoms with Crippen LogP contribution in [0.4, 0.5) is 4.79 Å². The van der Waals surface area contributed by atoms with E-state index in [0.717, 1.165) is 18.6 Å². The van der Waals surface area contributed by atoms with Crippen molar-refractivity contribution in [3.8, 4) is 0 Å². The first-order chi connectivity index (χ1) is 10.4. The van der Waals surface area contributed by atoms with Crippen LogP contribution in [-0.4, -0.2) is 34.2 Å². The third-order valence-electron chi connectivity index (χ3n) is 3.42. The summed E-state index contributed by atoms with van der Waals surface area (Å²) in [5, 5.41) is 10.6. The molecule has 0 bridgehead atoms. The van der Waals surface area contributed by atoms with Crippen molar-refractivity contribution in [1.29, 1.82) is 0 Å². The molecule has 1 aromatic rings. The molecule has 0 aliphatic carbocycles. The molecule has 122 valence electrons. The second-order valence-electron chi connectivity index (χ2n) is 5.42. The molecule has 1 aliphatic heterocycles. The second-order valence-corrected chi connectivity index (χ2v) is 7.03. The Morgan fingerprint density at radius 1 is 1.23 bits per heavy atom. The van der Waals surface area contributed by atoms with E-state index in [4.69, 9.17) is 9.88 Å². The summed E-state index contributed by atoms with van der Waals surface area (Å²) in [5.41, 5.74) is 1.51. The van der Waals surface area contributed by atoms with Gasteiger partial charge in [0.1, 0.15) is 0 Å². The SMILES string of the molecule is NS(=O)(=O)Cc1ccc(CNC(=O)NC[C@H]2CCOC2)cc1. The van der Waals surface area contributed by atoms with Crippen LogP contribution in [-0.2, 0) is 27.1 Å². The number of sulfonamides is 1. The normalized spacial score (nSPS) is 18.1. The number of benzene rings is 1. The minimum atomic E-state index is -3.52. The van der Waals surface area contributed by atoms with E-state index >= 15 is 0 Å². The van der Waals surface area contributed by atoms with E-state index < -0.39 is 10.0 Å². The maximum Gasteiger partial charge on any atom is 0.315 e. The van der Waals surface area contributed by atoms with Gasteiger partial charge in [0.25, 0.3) is 0 Å². The number of carbonyl (C=O) groups is 1. The Labute approximate surface area is 130 Å². The highest BCUT2D eigenvalue weighted by Crippen LogP contribution is 2.10. The van der Waals surface area contributed by atoms with Crippen LogP contribution in [0.2, 0.25) is 0 Å². The van der Waals surface area contributed by atoms with Crippen molar-refractivity contribution < 1.29 is 17.9 Å². The Balaban J connectivity index is 1.72. The molecule has 2 amide bonds. The summed E-state index contributed by atoms with van der Waals surface area (Å²) in [7, 11) is -3.52. The molecule has 1 atom stereocenters. The van der Waals surface area contributed by atoms with Crippen LogP contribution < -0.4 is 15.8 Å². The monoisotopic (exact) mass is 327 g/mol. The molecule has 0 unspecified atom stereocenters. The molecule has 8 heteroatoms.